The molecule has 3 aromatic rings. The van der Waals surface area contributed by atoms with Crippen LogP contribution in [-0.4, -0.2) is 22.3 Å². The van der Waals surface area contributed by atoms with Crippen molar-refractivity contribution in [2.24, 2.45) is 0 Å². The Kier molecular flexibility index (Phi) is 3.67. The van der Waals surface area contributed by atoms with Crippen molar-refractivity contribution in [1.82, 2.24) is 9.88 Å². The summed E-state index contributed by atoms with van der Waals surface area (Å²) in [5.74, 6) is -0.00342. The molecule has 1 amide bonds. The van der Waals surface area contributed by atoms with Crippen LogP contribution in [0.5, 0.6) is 0 Å². The molecule has 0 fully saturated rings. The highest BCUT2D eigenvalue weighted by Gasteiger charge is 2.33. The first-order chi connectivity index (χ1) is 11.3. The molecule has 0 unspecified atom stereocenters. The van der Waals surface area contributed by atoms with Gasteiger partial charge in [-0.15, -0.1) is 11.3 Å². The molecule has 4 heteroatoms. The lowest BCUT2D eigenvalue weighted by molar-refractivity contribution is 0.0690. The fourth-order valence-corrected chi connectivity index (χ4v) is 4.07. The van der Waals surface area contributed by atoms with E-state index in [4.69, 9.17) is 0 Å². The number of pyridine rings is 1. The van der Waals surface area contributed by atoms with Crippen molar-refractivity contribution in [2.45, 2.75) is 12.5 Å². The van der Waals surface area contributed by atoms with Gasteiger partial charge in [0.2, 0.25) is 0 Å². The van der Waals surface area contributed by atoms with Crippen LogP contribution in [-0.2, 0) is 6.42 Å². The summed E-state index contributed by atoms with van der Waals surface area (Å²) in [5.41, 5.74) is 2.90. The molecule has 1 aromatic carbocycles. The first kappa shape index (κ1) is 14.2. The molecule has 0 saturated heterocycles. The molecular weight excluding hydrogens is 304 g/mol. The second kappa shape index (κ2) is 5.97. The van der Waals surface area contributed by atoms with Gasteiger partial charge in [-0.1, -0.05) is 36.4 Å². The summed E-state index contributed by atoms with van der Waals surface area (Å²) < 4.78 is 0. The normalized spacial score (nSPS) is 16.9. The average Bonchev–Trinajstić information content (AvgIpc) is 3.10. The molecule has 0 spiro atoms. The maximum Gasteiger partial charge on any atom is 0.273 e. The van der Waals surface area contributed by atoms with Gasteiger partial charge in [-0.2, -0.15) is 0 Å². The molecule has 1 aliphatic heterocycles. The number of hydrogen-bond donors (Lipinski definition) is 0. The van der Waals surface area contributed by atoms with Crippen molar-refractivity contribution in [3.8, 4) is 0 Å². The quantitative estimate of drug-likeness (QED) is 0.717. The van der Waals surface area contributed by atoms with E-state index in [1.54, 1.807) is 23.6 Å². The highest BCUT2D eigenvalue weighted by atomic mass is 32.1. The van der Waals surface area contributed by atoms with E-state index in [1.807, 2.05) is 35.2 Å². The summed E-state index contributed by atoms with van der Waals surface area (Å²) in [7, 11) is 0. The molecule has 1 atom stereocenters. The van der Waals surface area contributed by atoms with Gasteiger partial charge in [-0.3, -0.25) is 9.78 Å². The van der Waals surface area contributed by atoms with Crippen LogP contribution in [0, 0.1) is 0 Å². The van der Waals surface area contributed by atoms with Gasteiger partial charge in [0.1, 0.15) is 5.69 Å². The topological polar surface area (TPSA) is 33.2 Å². The van der Waals surface area contributed by atoms with Crippen molar-refractivity contribution < 1.29 is 4.79 Å². The summed E-state index contributed by atoms with van der Waals surface area (Å²) >= 11 is 1.78. The predicted molar refractivity (Wildman–Crippen MR) is 91.6 cm³/mol. The lowest BCUT2D eigenvalue weighted by Gasteiger charge is -2.36. The van der Waals surface area contributed by atoms with Crippen LogP contribution in [0.4, 0.5) is 0 Å². The minimum atomic E-state index is -0.0271. The summed E-state index contributed by atoms with van der Waals surface area (Å²) in [6, 6.07) is 17.8. The number of carbonyl (C=O) groups is 1. The molecule has 2 aromatic heterocycles. The lowest BCUT2D eigenvalue weighted by Crippen LogP contribution is -2.40. The zero-order chi connectivity index (χ0) is 15.6. The summed E-state index contributed by atoms with van der Waals surface area (Å²) in [4.78, 5) is 20.5. The molecule has 23 heavy (non-hydrogen) atoms. The van der Waals surface area contributed by atoms with Gasteiger partial charge < -0.3 is 4.90 Å². The van der Waals surface area contributed by atoms with Crippen molar-refractivity contribution >= 4 is 17.2 Å². The number of amides is 1. The van der Waals surface area contributed by atoms with Crippen LogP contribution in [0.3, 0.4) is 0 Å². The summed E-state index contributed by atoms with van der Waals surface area (Å²) in [6.45, 7) is 0.725. The Labute approximate surface area is 139 Å². The first-order valence-electron chi connectivity index (χ1n) is 7.68. The second-order valence-corrected chi connectivity index (χ2v) is 6.58. The Morgan fingerprint density at radius 3 is 2.70 bits per heavy atom. The van der Waals surface area contributed by atoms with Crippen LogP contribution < -0.4 is 0 Å². The van der Waals surface area contributed by atoms with Crippen molar-refractivity contribution in [1.29, 1.82) is 0 Å². The van der Waals surface area contributed by atoms with Crippen LogP contribution in [0.2, 0.25) is 0 Å². The summed E-state index contributed by atoms with van der Waals surface area (Å²) in [6.07, 6.45) is 2.58. The third kappa shape index (κ3) is 2.55. The number of hydrogen-bond acceptors (Lipinski definition) is 3. The standard InChI is InChI=1S/C19H16N2OS/c22-19(16-8-4-5-11-20-16)21-12-9-17-15(10-13-23-17)18(21)14-6-2-1-3-7-14/h1-8,10-11,13,18H,9,12H2/t18-/m1/s1. The Balaban J connectivity index is 1.78. The Hall–Kier alpha value is -2.46. The van der Waals surface area contributed by atoms with Crippen LogP contribution in [0.25, 0.3) is 0 Å². The second-order valence-electron chi connectivity index (χ2n) is 5.58. The van der Waals surface area contributed by atoms with Gasteiger partial charge >= 0.3 is 0 Å². The maximum atomic E-state index is 13.0. The van der Waals surface area contributed by atoms with E-state index in [2.05, 4.69) is 28.6 Å². The van der Waals surface area contributed by atoms with Gasteiger partial charge in [-0.05, 0) is 41.1 Å². The van der Waals surface area contributed by atoms with E-state index in [0.717, 1.165) is 18.5 Å². The number of nitrogens with zero attached hydrogens (tertiary/aromatic N) is 2. The third-order valence-corrected chi connectivity index (χ3v) is 5.22. The van der Waals surface area contributed by atoms with E-state index in [0.29, 0.717) is 5.69 Å². The minimum Gasteiger partial charge on any atom is -0.326 e. The number of carbonyl (C=O) groups excluding carboxylic acids is 1. The first-order valence-corrected chi connectivity index (χ1v) is 8.56. The van der Waals surface area contributed by atoms with Crippen LogP contribution in [0.1, 0.15) is 32.5 Å². The van der Waals surface area contributed by atoms with Crippen LogP contribution >= 0.6 is 11.3 Å². The molecule has 3 nitrogen and oxygen atoms in total. The zero-order valence-corrected chi connectivity index (χ0v) is 13.4. The largest absolute Gasteiger partial charge is 0.326 e. The highest BCUT2D eigenvalue weighted by molar-refractivity contribution is 7.10. The number of thiophene rings is 1. The lowest BCUT2D eigenvalue weighted by atomic mass is 9.93. The van der Waals surface area contributed by atoms with Gasteiger partial charge in [-0.25, -0.2) is 0 Å². The molecule has 3 heterocycles. The Morgan fingerprint density at radius 2 is 1.91 bits per heavy atom. The molecule has 1 aliphatic rings. The summed E-state index contributed by atoms with van der Waals surface area (Å²) in [5, 5.41) is 2.12. The van der Waals surface area contributed by atoms with Gasteiger partial charge in [0, 0.05) is 17.6 Å². The molecule has 4 rings (SSSR count). The maximum absolute atomic E-state index is 13.0. The molecule has 0 bridgehead atoms. The SMILES string of the molecule is O=C(c1ccccn1)N1CCc2sccc2[C@H]1c1ccccc1. The fourth-order valence-electron chi connectivity index (χ4n) is 3.17. The fraction of sp³-hybridized carbons (Fsp3) is 0.158. The van der Waals surface area contributed by atoms with Crippen molar-refractivity contribution in [2.75, 3.05) is 6.54 Å². The van der Waals surface area contributed by atoms with Gasteiger partial charge in [0.05, 0.1) is 6.04 Å². The molecular formula is C19H16N2OS. The number of fused-ring (bicyclic) bond motifs is 1. The third-order valence-electron chi connectivity index (χ3n) is 4.23. The Bertz CT molecular complexity index is 814. The minimum absolute atomic E-state index is 0.00342. The molecule has 0 aliphatic carbocycles. The van der Waals surface area contributed by atoms with E-state index >= 15 is 0 Å². The van der Waals surface area contributed by atoms with Crippen molar-refractivity contribution in [3.05, 3.63) is 87.9 Å². The monoisotopic (exact) mass is 320 g/mol. The molecule has 0 saturated carbocycles. The molecule has 0 radical (unpaired) electrons. The average molecular weight is 320 g/mol. The Morgan fingerprint density at radius 1 is 1.09 bits per heavy atom. The number of aromatic nitrogens is 1. The zero-order valence-electron chi connectivity index (χ0n) is 12.6. The van der Waals surface area contributed by atoms with Crippen molar-refractivity contribution in [3.63, 3.8) is 0 Å². The van der Waals surface area contributed by atoms with E-state index in [9.17, 15) is 4.79 Å². The van der Waals surface area contributed by atoms with E-state index in [1.165, 1.54) is 10.4 Å². The van der Waals surface area contributed by atoms with Gasteiger partial charge in [0.15, 0.2) is 0 Å². The van der Waals surface area contributed by atoms with E-state index < -0.39 is 0 Å². The number of benzene rings is 1. The van der Waals surface area contributed by atoms with Gasteiger partial charge in [0.25, 0.3) is 5.91 Å². The molecule has 114 valence electrons. The highest BCUT2D eigenvalue weighted by Crippen LogP contribution is 2.38. The molecule has 0 N–H and O–H groups in total. The predicted octanol–water partition coefficient (Wildman–Crippen LogP) is 3.93. The van der Waals surface area contributed by atoms with Crippen LogP contribution in [0.15, 0.2) is 66.2 Å². The smallest absolute Gasteiger partial charge is 0.273 e. The van der Waals surface area contributed by atoms with E-state index in [-0.39, 0.29) is 11.9 Å². The number of rotatable bonds is 2.